The second-order valence-electron chi connectivity index (χ2n) is 37.3. The summed E-state index contributed by atoms with van der Waals surface area (Å²) in [5.74, 6) is -4.85. The molecule has 12 rings (SSSR count). The maximum Gasteiger partial charge on any atom is 0.217 e. The summed E-state index contributed by atoms with van der Waals surface area (Å²) in [6.45, 7) is -4.60. The number of ether oxygens (including phenoxy) is 23. The number of carbonyl (C=O) groups excluding carboxylic acids is 5. The molecule has 36 N–H and O–H groups in total. The predicted octanol–water partition coefficient (Wildman–Crippen LogP) is -24.4. The zero-order valence-electron chi connectivity index (χ0n) is 79.0. The number of aliphatic hydroxyl groups is 31. The summed E-state index contributed by atoms with van der Waals surface area (Å²) in [6.07, 6.45) is -117. The zero-order chi connectivity index (χ0) is 107. The first-order valence-electron chi connectivity index (χ1n) is 46.9. The molecule has 5 amide bonds. The van der Waals surface area contributed by atoms with Crippen molar-refractivity contribution >= 4 is 29.5 Å². The van der Waals surface area contributed by atoms with E-state index in [9.17, 15) is 182 Å². The van der Waals surface area contributed by atoms with Crippen molar-refractivity contribution in [3.63, 3.8) is 0 Å². The molecule has 0 saturated carbocycles. The van der Waals surface area contributed by atoms with Gasteiger partial charge in [-0.1, -0.05) is 0 Å². The van der Waals surface area contributed by atoms with Crippen LogP contribution in [0.5, 0.6) is 0 Å². The highest BCUT2D eigenvalue weighted by Gasteiger charge is 2.64. The molecular weight excluding hydrogens is 2000 g/mol. The predicted molar refractivity (Wildman–Crippen MR) is 450 cm³/mol. The summed E-state index contributed by atoms with van der Waals surface area (Å²) in [5.41, 5.74) is 0. The fourth-order valence-electron chi connectivity index (χ4n) is 19.1. The van der Waals surface area contributed by atoms with Gasteiger partial charge in [0.15, 0.2) is 75.5 Å². The maximum atomic E-state index is 13.5. The van der Waals surface area contributed by atoms with Crippen LogP contribution in [0.15, 0.2) is 0 Å². The molecule has 12 aliphatic heterocycles. The van der Waals surface area contributed by atoms with Gasteiger partial charge in [0.05, 0.1) is 78.3 Å². The molecule has 0 spiro atoms. The van der Waals surface area contributed by atoms with Crippen molar-refractivity contribution in [2.45, 2.75) is 417 Å². The number of aliphatic hydroxyl groups excluding tert-OH is 31. The summed E-state index contributed by atoms with van der Waals surface area (Å²) in [6, 6.07) is -9.85. The van der Waals surface area contributed by atoms with Crippen molar-refractivity contribution in [1.82, 2.24) is 26.6 Å². The minimum Gasteiger partial charge on any atom is -0.394 e. The van der Waals surface area contributed by atoms with E-state index in [4.69, 9.17) is 109 Å². The van der Waals surface area contributed by atoms with Crippen LogP contribution >= 0.6 is 0 Å². The van der Waals surface area contributed by atoms with Crippen LogP contribution in [0.4, 0.5) is 0 Å². The van der Waals surface area contributed by atoms with E-state index < -0.39 is 464 Å². The molecule has 12 aliphatic rings. The van der Waals surface area contributed by atoms with Crippen molar-refractivity contribution < 1.29 is 291 Å². The van der Waals surface area contributed by atoms with E-state index in [0.717, 1.165) is 34.6 Å². The standard InChI is InChI=1S/C82H137N5O59/c1-18-40(101)53(114)58(119)76(126-18)124-17-34-65(49(110)35(71(123)128-34)83-20(3)96)138-73-37(85-22(5)98)50(111)63(31(14-94)134-73)140-79-61(122)66(142-81-69(57(118)45(106)28(11-91)132-81)145-75-38(86-23(6)99)51(112)62(30(13-93)135-75)139-78-60(121)55(116)43(104)26(9-89)130-78)47(108)33(137-79)16-125-80-68(56(117)44(105)27(10-90)131-80)144-74-39(87-24(7)100)52(113)64(32(15-95)136-74)141-82-70(146-77-59(120)54(115)41(102)19(2)127-77)67(46(107)29(12-92)133-82)143-72-36(84-21(4)97)48(109)42(103)25(8-88)129-72/h18-19,25-82,88-95,101-123H,8-17H2,1-7H3,(H,83,96)(H,84,97)(H,85,98)(H,86,99)(H,87,100)/t18-,19-,25-,26-,27-,28-,29-,30-,31-,32-,33-,34-,35-,36-,37-,38+,39-,40+,41+,42+,43+,44-,45-,46+,47-,48-,49-,50-,51-,52-,53+,54+,55+,56+,57+,58-,59-,60-,61+,62-,63-,64-,65-,66+,67+,68+,69+,70-,71-,72-,73+,74+,75+,76+,77-,78+,79+,80+,81-,82+/m1/s1. The molecular formula is C82H137N5O59. The first kappa shape index (κ1) is 120. The molecule has 0 aliphatic carbocycles. The first-order chi connectivity index (χ1) is 69.0. The molecule has 0 aromatic heterocycles. The van der Waals surface area contributed by atoms with Gasteiger partial charge in [-0.25, -0.2) is 0 Å². The molecule has 64 nitrogen and oxygen atoms in total. The van der Waals surface area contributed by atoms with Crippen molar-refractivity contribution in [1.29, 1.82) is 0 Å². The Balaban J connectivity index is 0.875. The van der Waals surface area contributed by atoms with Crippen LogP contribution in [0.2, 0.25) is 0 Å². The molecule has 0 aromatic rings. The summed E-state index contributed by atoms with van der Waals surface area (Å²) in [5, 5.41) is 364. The summed E-state index contributed by atoms with van der Waals surface area (Å²) in [7, 11) is 0. The van der Waals surface area contributed by atoms with E-state index >= 15 is 0 Å². The van der Waals surface area contributed by atoms with E-state index in [1.807, 2.05) is 0 Å². The van der Waals surface area contributed by atoms with Gasteiger partial charge in [-0.15, -0.1) is 0 Å². The second-order valence-corrected chi connectivity index (χ2v) is 37.3. The molecule has 0 aromatic carbocycles. The second kappa shape index (κ2) is 52.2. The van der Waals surface area contributed by atoms with E-state index in [0.29, 0.717) is 0 Å². The lowest BCUT2D eigenvalue weighted by molar-refractivity contribution is -0.404. The van der Waals surface area contributed by atoms with Crippen molar-refractivity contribution in [2.75, 3.05) is 66.1 Å². The Hall–Kier alpha value is -4.81. The highest BCUT2D eigenvalue weighted by atomic mass is 16.8. The molecule has 146 heavy (non-hydrogen) atoms. The molecule has 64 heteroatoms. The van der Waals surface area contributed by atoms with Gasteiger partial charge in [0.1, 0.15) is 280 Å². The van der Waals surface area contributed by atoms with Gasteiger partial charge in [0.2, 0.25) is 29.5 Å². The molecule has 844 valence electrons. The zero-order valence-corrected chi connectivity index (χ0v) is 79.0. The number of hydrogen-bond donors (Lipinski definition) is 36. The van der Waals surface area contributed by atoms with E-state index in [2.05, 4.69) is 26.6 Å². The van der Waals surface area contributed by atoms with Crippen molar-refractivity contribution in [3.8, 4) is 0 Å². The SMILES string of the molecule is CC(=O)N[C@@H]1[C@H](O[C@@H]2[C@@H](O[C@@H]3[C@H](O)[C@H](O[C@H]4[C@H](O)[C@@H](NC(C)=O)[C@H](O[C@H]5[C@H](O)[C@@H](NC(C)=O)[C@H](O)O[C@@H]5CO[C@H]5O[C@H](C)[C@H](O)[C@H](O)[C@H]5O)O[C@@H]4CO)O[C@H](CO[C@H]4O[C@H](CO)[C@@H](O)[C@H](O)[C@@H]4O[C@@H]4O[C@H](CO)[C@@H](O[C@@H]5O[C@H](CO)[C@H](O)[C@H](O[C@H]6O[C@H](CO)[C@H](O)[C@H](O)[C@H]6NC(C)=O)[C@H]5O[C@H]5O[C@H](C)[C@H](O)[C@H](O)[C@H]5O)[C@H](O)[C@H]4NC(C)=O)[C@H]3O)O[C@H](CO)[C@@H](O)[C@@H]2O)O[C@H](CO)[C@@H](O[C@@H]2O[C@H](CO)[C@H](O)[C@H](O)[C@H]2O)[C@@H]1O. The van der Waals surface area contributed by atoms with Gasteiger partial charge >= 0.3 is 0 Å². The van der Waals surface area contributed by atoms with E-state index in [1.54, 1.807) is 0 Å². The molecule has 60 atom stereocenters. The average Bonchev–Trinajstić information content (AvgIpc) is 0.847. The van der Waals surface area contributed by atoms with E-state index in [1.165, 1.54) is 13.8 Å². The molecule has 12 fully saturated rings. The number of hydrogen-bond acceptors (Lipinski definition) is 59. The van der Waals surface area contributed by atoms with Gasteiger partial charge in [-0.05, 0) is 13.8 Å². The molecule has 0 unspecified atom stereocenters. The Bertz CT molecular complexity index is 4090. The molecule has 0 bridgehead atoms. The minimum absolute atomic E-state index is 0.872. The Morgan fingerprint density at radius 2 is 0.438 bits per heavy atom. The van der Waals surface area contributed by atoms with Crippen LogP contribution in [0.25, 0.3) is 0 Å². The number of nitrogens with one attached hydrogen (secondary N) is 5. The van der Waals surface area contributed by atoms with Crippen LogP contribution < -0.4 is 26.6 Å². The monoisotopic (exact) mass is 2140 g/mol. The lowest BCUT2D eigenvalue weighted by atomic mass is 9.93. The Morgan fingerprint density at radius 3 is 0.863 bits per heavy atom. The van der Waals surface area contributed by atoms with Crippen LogP contribution in [-0.4, -0.2) is 622 Å². The normalized spacial score (nSPS) is 49.8. The quantitative estimate of drug-likeness (QED) is 0.0275. The Morgan fingerprint density at radius 1 is 0.192 bits per heavy atom. The fraction of sp³-hybridized carbons (Fsp3) is 0.939. The number of amides is 5. The van der Waals surface area contributed by atoms with Crippen LogP contribution in [0.1, 0.15) is 48.5 Å². The van der Waals surface area contributed by atoms with Crippen LogP contribution in [-0.2, 0) is 133 Å². The van der Waals surface area contributed by atoms with Gasteiger partial charge in [0.25, 0.3) is 0 Å². The van der Waals surface area contributed by atoms with Crippen LogP contribution in [0, 0.1) is 0 Å². The third-order valence-electron chi connectivity index (χ3n) is 27.0. The lowest BCUT2D eigenvalue weighted by Crippen LogP contribution is -2.71. The smallest absolute Gasteiger partial charge is 0.217 e. The number of rotatable bonds is 37. The summed E-state index contributed by atoms with van der Waals surface area (Å²) in [4.78, 5) is 65.2. The van der Waals surface area contributed by atoms with Crippen molar-refractivity contribution in [2.24, 2.45) is 0 Å². The highest BCUT2D eigenvalue weighted by molar-refractivity contribution is 5.75. The molecule has 0 radical (unpaired) electrons. The third kappa shape index (κ3) is 26.4. The fourth-order valence-corrected chi connectivity index (χ4v) is 19.1. The minimum atomic E-state index is -2.70. The summed E-state index contributed by atoms with van der Waals surface area (Å²) >= 11 is 0. The molecule has 12 heterocycles. The highest BCUT2D eigenvalue weighted by Crippen LogP contribution is 2.43. The van der Waals surface area contributed by atoms with Gasteiger partial charge in [-0.2, -0.15) is 0 Å². The largest absolute Gasteiger partial charge is 0.394 e. The van der Waals surface area contributed by atoms with Crippen LogP contribution in [0.3, 0.4) is 0 Å². The first-order valence-corrected chi connectivity index (χ1v) is 46.9. The topological polar surface area (TPSA) is 985 Å². The average molecular weight is 2140 g/mol. The van der Waals surface area contributed by atoms with Crippen molar-refractivity contribution in [3.05, 3.63) is 0 Å². The summed E-state index contributed by atoms with van der Waals surface area (Å²) < 4.78 is 139. The molecule has 12 saturated heterocycles. The Kier molecular flexibility index (Phi) is 42.8. The van der Waals surface area contributed by atoms with Gasteiger partial charge in [-0.3, -0.25) is 24.0 Å². The number of carbonyl (C=O) groups is 5. The third-order valence-corrected chi connectivity index (χ3v) is 27.0. The van der Waals surface area contributed by atoms with Gasteiger partial charge in [0, 0.05) is 34.6 Å². The maximum absolute atomic E-state index is 13.5. The van der Waals surface area contributed by atoms with E-state index in [-0.39, 0.29) is 0 Å². The lowest BCUT2D eigenvalue weighted by Gasteiger charge is -2.51. The van der Waals surface area contributed by atoms with Gasteiger partial charge < -0.3 is 294 Å². The Labute approximate surface area is 827 Å².